The van der Waals surface area contributed by atoms with E-state index in [4.69, 9.17) is 0 Å². The molecule has 4 rings (SSSR count). The molecule has 0 atom stereocenters. The molecule has 2 aromatic carbocycles. The van der Waals surface area contributed by atoms with Crippen molar-refractivity contribution in [3.63, 3.8) is 0 Å². The molecule has 3 aromatic rings. The molecule has 4 nitrogen and oxygen atoms in total. The van der Waals surface area contributed by atoms with Crippen LogP contribution in [0.5, 0.6) is 0 Å². The summed E-state index contributed by atoms with van der Waals surface area (Å²) in [5.74, 6) is 0.898. The minimum Gasteiger partial charge on any atom is -0.247 e. The Labute approximate surface area is 132 Å². The number of hydrogen-bond acceptors (Lipinski definition) is 2. The van der Waals surface area contributed by atoms with E-state index < -0.39 is 0 Å². The van der Waals surface area contributed by atoms with Crippen LogP contribution in [0.25, 0.3) is 5.69 Å². The molecule has 0 spiro atoms. The quantitative estimate of drug-likeness (QED) is 0.743. The summed E-state index contributed by atoms with van der Waals surface area (Å²) in [5, 5.41) is 4.54. The summed E-state index contributed by atoms with van der Waals surface area (Å²) < 4.78 is 16.2. The van der Waals surface area contributed by atoms with Gasteiger partial charge in [0.05, 0.1) is 12.2 Å². The number of halogens is 1. The summed E-state index contributed by atoms with van der Waals surface area (Å²) in [4.78, 5) is 12.8. The van der Waals surface area contributed by atoms with Gasteiger partial charge in [0.1, 0.15) is 11.6 Å². The van der Waals surface area contributed by atoms with Crippen molar-refractivity contribution in [1.82, 2.24) is 14.3 Å². The van der Waals surface area contributed by atoms with Crippen LogP contribution in [0.15, 0.2) is 59.4 Å². The Balaban J connectivity index is 1.77. The number of para-hydroxylation sites is 1. The van der Waals surface area contributed by atoms with Gasteiger partial charge in [-0.05, 0) is 42.7 Å². The van der Waals surface area contributed by atoms with Crippen LogP contribution in [0, 0.1) is 5.82 Å². The molecule has 1 aromatic heterocycles. The number of aromatic nitrogens is 3. The van der Waals surface area contributed by atoms with Crippen LogP contribution in [-0.4, -0.2) is 14.3 Å². The zero-order valence-corrected chi connectivity index (χ0v) is 12.5. The van der Waals surface area contributed by atoms with Gasteiger partial charge >= 0.3 is 5.69 Å². The molecule has 0 amide bonds. The molecule has 5 heteroatoms. The first-order chi connectivity index (χ1) is 11.2. The monoisotopic (exact) mass is 309 g/mol. The Morgan fingerprint density at radius 1 is 1.04 bits per heavy atom. The highest BCUT2D eigenvalue weighted by atomic mass is 19.1. The van der Waals surface area contributed by atoms with Gasteiger partial charge < -0.3 is 0 Å². The number of benzene rings is 2. The second-order valence-corrected chi connectivity index (χ2v) is 5.87. The van der Waals surface area contributed by atoms with Crippen LogP contribution >= 0.6 is 0 Å². The standard InChI is InChI=1S/C18H16FN3O/c19-15-10-6-13(7-11-15)12-21-18(23)22(16-4-2-1-3-5-16)17(20-21)14-8-9-14/h1-7,10-11,14H,8-9,12H2. The number of rotatable bonds is 4. The van der Waals surface area contributed by atoms with E-state index in [2.05, 4.69) is 5.10 Å². The maximum atomic E-state index is 13.0. The van der Waals surface area contributed by atoms with Gasteiger partial charge in [-0.3, -0.25) is 0 Å². The van der Waals surface area contributed by atoms with E-state index in [0.29, 0.717) is 12.5 Å². The van der Waals surface area contributed by atoms with Crippen LogP contribution < -0.4 is 5.69 Å². The molecular weight excluding hydrogens is 293 g/mol. The maximum absolute atomic E-state index is 13.0. The third-order valence-corrected chi connectivity index (χ3v) is 4.07. The van der Waals surface area contributed by atoms with Crippen molar-refractivity contribution in [1.29, 1.82) is 0 Å². The van der Waals surface area contributed by atoms with E-state index in [1.807, 2.05) is 30.3 Å². The number of hydrogen-bond donors (Lipinski definition) is 0. The molecule has 1 saturated carbocycles. The van der Waals surface area contributed by atoms with E-state index in [1.165, 1.54) is 16.8 Å². The summed E-state index contributed by atoms with van der Waals surface area (Å²) >= 11 is 0. The Morgan fingerprint density at radius 3 is 2.39 bits per heavy atom. The third-order valence-electron chi connectivity index (χ3n) is 4.07. The van der Waals surface area contributed by atoms with Crippen molar-refractivity contribution in [3.8, 4) is 5.69 Å². The first kappa shape index (κ1) is 13.9. The molecule has 0 saturated heterocycles. The fourth-order valence-corrected chi connectivity index (χ4v) is 2.72. The Hall–Kier alpha value is -2.69. The minimum atomic E-state index is -0.283. The van der Waals surface area contributed by atoms with Gasteiger partial charge in [0, 0.05) is 5.92 Å². The van der Waals surface area contributed by atoms with Gasteiger partial charge in [-0.15, -0.1) is 0 Å². The van der Waals surface area contributed by atoms with E-state index in [-0.39, 0.29) is 11.5 Å². The van der Waals surface area contributed by atoms with Gasteiger partial charge in [0.25, 0.3) is 0 Å². The molecule has 0 bridgehead atoms. The van der Waals surface area contributed by atoms with Crippen LogP contribution in [0.4, 0.5) is 4.39 Å². The topological polar surface area (TPSA) is 39.8 Å². The molecular formula is C18H16FN3O. The third kappa shape index (κ3) is 2.70. The summed E-state index contributed by atoms with van der Waals surface area (Å²) in [6.45, 7) is 0.346. The van der Waals surface area contributed by atoms with E-state index in [0.717, 1.165) is 29.9 Å². The van der Waals surface area contributed by atoms with Gasteiger partial charge in [-0.2, -0.15) is 5.10 Å². The Kier molecular flexibility index (Phi) is 3.33. The van der Waals surface area contributed by atoms with E-state index in [9.17, 15) is 9.18 Å². The van der Waals surface area contributed by atoms with Crippen molar-refractivity contribution in [2.75, 3.05) is 0 Å². The molecule has 116 valence electrons. The normalized spacial score (nSPS) is 14.1. The summed E-state index contributed by atoms with van der Waals surface area (Å²) in [6, 6.07) is 15.7. The fraction of sp³-hybridized carbons (Fsp3) is 0.222. The predicted molar refractivity (Wildman–Crippen MR) is 85.3 cm³/mol. The van der Waals surface area contributed by atoms with Crippen molar-refractivity contribution in [2.45, 2.75) is 25.3 Å². The van der Waals surface area contributed by atoms with Gasteiger partial charge in [0.2, 0.25) is 0 Å². The molecule has 0 aliphatic heterocycles. The lowest BCUT2D eigenvalue weighted by molar-refractivity contribution is 0.621. The zero-order valence-electron chi connectivity index (χ0n) is 12.5. The SMILES string of the molecule is O=c1n(Cc2ccc(F)cc2)nc(C2CC2)n1-c1ccccc1. The van der Waals surface area contributed by atoms with Crippen LogP contribution in [-0.2, 0) is 6.54 Å². The van der Waals surface area contributed by atoms with Crippen LogP contribution in [0.1, 0.15) is 30.1 Å². The predicted octanol–water partition coefficient (Wildman–Crippen LogP) is 3.10. The fourth-order valence-electron chi connectivity index (χ4n) is 2.72. The lowest BCUT2D eigenvalue weighted by Gasteiger charge is -2.03. The largest absolute Gasteiger partial charge is 0.350 e. The van der Waals surface area contributed by atoms with Crippen molar-refractivity contribution >= 4 is 0 Å². The van der Waals surface area contributed by atoms with Gasteiger partial charge in [-0.25, -0.2) is 18.4 Å². The highest BCUT2D eigenvalue weighted by molar-refractivity contribution is 5.33. The summed E-state index contributed by atoms with van der Waals surface area (Å²) in [6.07, 6.45) is 2.14. The lowest BCUT2D eigenvalue weighted by Crippen LogP contribution is -2.24. The highest BCUT2D eigenvalue weighted by Gasteiger charge is 2.31. The summed E-state index contributed by atoms with van der Waals surface area (Å²) in [7, 11) is 0. The zero-order chi connectivity index (χ0) is 15.8. The molecule has 0 N–H and O–H groups in total. The minimum absolute atomic E-state index is 0.151. The second kappa shape index (κ2) is 5.50. The molecule has 1 fully saturated rings. The van der Waals surface area contributed by atoms with Crippen LogP contribution in [0.3, 0.4) is 0 Å². The Bertz CT molecular complexity index is 877. The summed E-state index contributed by atoms with van der Waals surface area (Å²) in [5.41, 5.74) is 1.54. The van der Waals surface area contributed by atoms with Gasteiger partial charge in [0.15, 0.2) is 0 Å². The highest BCUT2D eigenvalue weighted by Crippen LogP contribution is 2.39. The van der Waals surface area contributed by atoms with E-state index >= 15 is 0 Å². The van der Waals surface area contributed by atoms with Gasteiger partial charge in [-0.1, -0.05) is 30.3 Å². The second-order valence-electron chi connectivity index (χ2n) is 5.87. The van der Waals surface area contributed by atoms with Crippen molar-refractivity contribution in [2.24, 2.45) is 0 Å². The van der Waals surface area contributed by atoms with Crippen molar-refractivity contribution < 1.29 is 4.39 Å². The molecule has 1 heterocycles. The molecule has 1 aliphatic carbocycles. The first-order valence-corrected chi connectivity index (χ1v) is 7.72. The number of nitrogens with zero attached hydrogens (tertiary/aromatic N) is 3. The van der Waals surface area contributed by atoms with Crippen LogP contribution in [0.2, 0.25) is 0 Å². The lowest BCUT2D eigenvalue weighted by atomic mass is 10.2. The smallest absolute Gasteiger partial charge is 0.247 e. The first-order valence-electron chi connectivity index (χ1n) is 7.72. The molecule has 0 radical (unpaired) electrons. The average Bonchev–Trinajstić information content (AvgIpc) is 3.36. The molecule has 23 heavy (non-hydrogen) atoms. The molecule has 1 aliphatic rings. The Morgan fingerprint density at radius 2 is 1.74 bits per heavy atom. The van der Waals surface area contributed by atoms with E-state index in [1.54, 1.807) is 16.7 Å². The maximum Gasteiger partial charge on any atom is 0.350 e. The molecule has 0 unspecified atom stereocenters. The average molecular weight is 309 g/mol. The van der Waals surface area contributed by atoms with Crippen molar-refractivity contribution in [3.05, 3.63) is 82.3 Å².